The Bertz CT molecular complexity index is 4130. The van der Waals surface area contributed by atoms with E-state index in [4.69, 9.17) is 25.8 Å². The normalized spacial score (nSPS) is 17.3. The van der Waals surface area contributed by atoms with E-state index in [0.29, 0.717) is 107 Å². The highest BCUT2D eigenvalue weighted by molar-refractivity contribution is 7.90. The van der Waals surface area contributed by atoms with E-state index in [1.807, 2.05) is 47.4 Å². The lowest BCUT2D eigenvalue weighted by molar-refractivity contribution is -0.729. The second kappa shape index (κ2) is 28.2. The van der Waals surface area contributed by atoms with Gasteiger partial charge in [-0.15, -0.1) is 0 Å². The first-order chi connectivity index (χ1) is 45.0. The molecular formula is C67H71ClN11O13S+. The van der Waals surface area contributed by atoms with Crippen LogP contribution in [0.2, 0.25) is 5.02 Å². The topological polar surface area (TPSA) is 294 Å². The number of rotatable bonds is 25. The smallest absolute Gasteiger partial charge is 0.340 e. The fourth-order valence-electron chi connectivity index (χ4n) is 12.5. The largest absolute Gasteiger partial charge is 0.493 e. The maximum atomic E-state index is 14.2. The summed E-state index contributed by atoms with van der Waals surface area (Å²) in [4.78, 5) is 105. The number of anilines is 3. The molecule has 4 fully saturated rings. The lowest BCUT2D eigenvalue weighted by atomic mass is 9.97. The van der Waals surface area contributed by atoms with E-state index in [1.54, 1.807) is 42.6 Å². The Morgan fingerprint density at radius 1 is 0.796 bits per heavy atom. The van der Waals surface area contributed by atoms with Gasteiger partial charge in [0.25, 0.3) is 32.7 Å². The van der Waals surface area contributed by atoms with Gasteiger partial charge in [-0.25, -0.2) is 23.3 Å². The molecule has 0 bridgehead atoms. The number of carbonyl (C=O) groups excluding carboxylic acids is 6. The number of nitrogens with one attached hydrogen (secondary N) is 5. The van der Waals surface area contributed by atoms with E-state index in [1.165, 1.54) is 24.4 Å². The summed E-state index contributed by atoms with van der Waals surface area (Å²) < 4.78 is 48.4. The van der Waals surface area contributed by atoms with Crippen LogP contribution in [0, 0.1) is 16.7 Å². The third-order valence-electron chi connectivity index (χ3n) is 17.7. The van der Waals surface area contributed by atoms with Gasteiger partial charge in [0.05, 0.1) is 39.3 Å². The number of halogens is 1. The van der Waals surface area contributed by atoms with E-state index in [-0.39, 0.29) is 64.4 Å². The van der Waals surface area contributed by atoms with Gasteiger partial charge in [0.1, 0.15) is 34.6 Å². The number of benzene rings is 5. The summed E-state index contributed by atoms with van der Waals surface area (Å²) in [7, 11) is -4.61. The number of likely N-dealkylation sites (tertiary alicyclic amines) is 1. The molecule has 484 valence electrons. The van der Waals surface area contributed by atoms with Crippen LogP contribution in [0.1, 0.15) is 94.4 Å². The van der Waals surface area contributed by atoms with E-state index < -0.39 is 55.4 Å². The average molecular weight is 1310 g/mol. The SMILES string of the molecule is O=C1CCC(N2C(=O)c3cccc(NCCCCCCC(=O)N4CC(COc5cccc(-c6ccc(Cl)cc6)c5CN5CCN(c6ccc(C(=O)NS(=O)(=O)c7ccc(NCC8CCOCC8)c([N+](=O)O)c7)c(Oc7cnc8[nH]ccc8c7)c6)CC5)C4)c3C2=O)C(=O)N1. The molecule has 26 heteroatoms. The highest BCUT2D eigenvalue weighted by Crippen LogP contribution is 2.38. The third kappa shape index (κ3) is 14.6. The molecule has 1 unspecified atom stereocenters. The van der Waals surface area contributed by atoms with E-state index in [2.05, 4.69) is 46.5 Å². The van der Waals surface area contributed by atoms with Crippen LogP contribution in [0.4, 0.5) is 22.7 Å². The maximum Gasteiger partial charge on any atom is 0.340 e. The number of nitrogens with zero attached hydrogens (tertiary/aromatic N) is 6. The standard InChI is InChI=1S/C67H70ClN11O13S/c68-46-14-12-44(13-15-46)50-7-6-10-58(91-41-43-38-77(39-43)61(81)11-3-1-2-4-25-69-55-9-5-8-52-62(55)67(85)78(66(52)84)56-20-21-60(80)73-65(56)83)53(50)40-75-27-29-76(30-28-75)47-16-18-51(59(34-47)92-48-33-45-22-26-70-63(45)72-37-48)64(82)74-93(88,89)49-17-19-54(57(35-49)79(86)87)71-36-42-23-31-90-32-24-42/h5-10,12-19,22,26,33-35,37,42-43,56,71H,1-4,11,20-21,23-25,27-32,36,38-41H2,(H4-,69,70,72,73,74,80,82,83,85,86,87)/p+1. The van der Waals surface area contributed by atoms with Gasteiger partial charge in [-0.3, -0.25) is 43.9 Å². The van der Waals surface area contributed by atoms with Crippen molar-refractivity contribution in [1.82, 2.24) is 34.7 Å². The molecule has 7 aromatic rings. The number of H-pyrrole nitrogens is 1. The number of hydrogen-bond donors (Lipinski definition) is 6. The predicted molar refractivity (Wildman–Crippen MR) is 345 cm³/mol. The molecule has 6 amide bonds. The zero-order valence-electron chi connectivity index (χ0n) is 50.9. The summed E-state index contributed by atoms with van der Waals surface area (Å²) in [6.45, 7) is 6.87. The molecule has 4 saturated heterocycles. The Kier molecular flexibility index (Phi) is 19.3. The number of aromatic amines is 1. The fourth-order valence-corrected chi connectivity index (χ4v) is 13.7. The summed E-state index contributed by atoms with van der Waals surface area (Å²) >= 11 is 6.36. The summed E-state index contributed by atoms with van der Waals surface area (Å²) in [5.74, 6) is -1.55. The Labute approximate surface area is 541 Å². The van der Waals surface area contributed by atoms with Crippen LogP contribution in [0.15, 0.2) is 126 Å². The van der Waals surface area contributed by atoms with E-state index >= 15 is 0 Å². The molecule has 12 rings (SSSR count). The number of amides is 6. The van der Waals surface area contributed by atoms with Crippen molar-refractivity contribution in [1.29, 1.82) is 0 Å². The molecule has 6 N–H and O–H groups in total. The number of ether oxygens (including phenoxy) is 3. The second-order valence-electron chi connectivity index (χ2n) is 24.0. The number of carbonyl (C=O) groups is 6. The van der Waals surface area contributed by atoms with Crippen molar-refractivity contribution in [2.75, 3.05) is 87.7 Å². The maximum absolute atomic E-state index is 14.2. The number of imide groups is 2. The molecule has 0 spiro atoms. The van der Waals surface area contributed by atoms with E-state index in [0.717, 1.165) is 83.0 Å². The van der Waals surface area contributed by atoms with Gasteiger partial charge in [-0.2, -0.15) is 0 Å². The zero-order valence-corrected chi connectivity index (χ0v) is 52.5. The minimum Gasteiger partial charge on any atom is -0.493 e. The van der Waals surface area contributed by atoms with Gasteiger partial charge in [0, 0.05) is 137 Å². The Hall–Kier alpha value is -9.43. The van der Waals surface area contributed by atoms with Crippen molar-refractivity contribution in [3.8, 4) is 28.4 Å². The van der Waals surface area contributed by atoms with Crippen molar-refractivity contribution >= 4 is 90.9 Å². The van der Waals surface area contributed by atoms with Gasteiger partial charge >= 0.3 is 5.69 Å². The monoisotopic (exact) mass is 1300 g/mol. The van der Waals surface area contributed by atoms with Crippen LogP contribution in [0.25, 0.3) is 22.2 Å². The van der Waals surface area contributed by atoms with Crippen LogP contribution >= 0.6 is 11.6 Å². The summed E-state index contributed by atoms with van der Waals surface area (Å²) in [5, 5.41) is 20.1. The molecule has 93 heavy (non-hydrogen) atoms. The summed E-state index contributed by atoms with van der Waals surface area (Å²) in [5.41, 5.74) is 5.11. The minimum absolute atomic E-state index is 0.0457. The molecule has 5 aromatic carbocycles. The third-order valence-corrected chi connectivity index (χ3v) is 19.3. The zero-order chi connectivity index (χ0) is 64.8. The van der Waals surface area contributed by atoms with Crippen molar-refractivity contribution in [3.63, 3.8) is 0 Å². The predicted octanol–water partition coefficient (Wildman–Crippen LogP) is 9.06. The first-order valence-corrected chi connectivity index (χ1v) is 33.2. The van der Waals surface area contributed by atoms with Crippen LogP contribution in [-0.4, -0.2) is 157 Å². The number of fused-ring (bicyclic) bond motifs is 2. The van der Waals surface area contributed by atoms with Gasteiger partial charge in [0.2, 0.25) is 17.7 Å². The quantitative estimate of drug-likeness (QED) is 0.0177. The molecular weight excluding hydrogens is 1230 g/mol. The van der Waals surface area contributed by atoms with Gasteiger partial charge < -0.3 is 39.6 Å². The van der Waals surface area contributed by atoms with Gasteiger partial charge in [-0.1, -0.05) is 54.8 Å². The number of unbranched alkanes of at least 4 members (excludes halogenated alkanes) is 3. The molecule has 5 aliphatic rings. The highest BCUT2D eigenvalue weighted by atomic mass is 35.5. The molecule has 5 aliphatic heterocycles. The average Bonchev–Trinajstić information content (AvgIpc) is 1.56. The highest BCUT2D eigenvalue weighted by Gasteiger charge is 2.46. The molecule has 0 saturated carbocycles. The molecule has 7 heterocycles. The lowest BCUT2D eigenvalue weighted by Crippen LogP contribution is -2.54. The second-order valence-corrected chi connectivity index (χ2v) is 26.1. The van der Waals surface area contributed by atoms with Crippen LogP contribution in [0.5, 0.6) is 17.2 Å². The van der Waals surface area contributed by atoms with Crippen molar-refractivity contribution < 1.29 is 61.5 Å². The molecule has 24 nitrogen and oxygen atoms in total. The number of sulfonamides is 1. The van der Waals surface area contributed by atoms with Crippen molar-refractivity contribution in [2.24, 2.45) is 11.8 Å². The minimum atomic E-state index is -4.61. The lowest BCUT2D eigenvalue weighted by Gasteiger charge is -2.39. The number of piperazine rings is 1. The number of pyridine rings is 1. The van der Waals surface area contributed by atoms with Crippen LogP contribution in [-0.2, 0) is 35.7 Å². The molecule has 0 radical (unpaired) electrons. The number of piperidine rings is 1. The van der Waals surface area contributed by atoms with Gasteiger partial charge in [0.15, 0.2) is 0 Å². The Morgan fingerprint density at radius 3 is 2.35 bits per heavy atom. The Balaban J connectivity index is 0.645. The first kappa shape index (κ1) is 63.7. The number of hydrogen-bond acceptors (Lipinski definition) is 17. The van der Waals surface area contributed by atoms with Crippen LogP contribution in [0.3, 0.4) is 0 Å². The summed E-state index contributed by atoms with van der Waals surface area (Å²) in [6.07, 6.45) is 8.60. The first-order valence-electron chi connectivity index (χ1n) is 31.3. The number of aromatic nitrogens is 2. The Morgan fingerprint density at radius 2 is 1.57 bits per heavy atom. The van der Waals surface area contributed by atoms with Crippen molar-refractivity contribution in [3.05, 3.63) is 154 Å². The molecule has 1 atom stereocenters. The molecule has 2 aromatic heterocycles. The molecule has 0 aliphatic carbocycles. The van der Waals surface area contributed by atoms with E-state index in [9.17, 15) is 47.3 Å². The fraction of sp³-hybridized carbons (Fsp3) is 0.358. The van der Waals surface area contributed by atoms with Gasteiger partial charge in [-0.05, 0) is 116 Å². The van der Waals surface area contributed by atoms with Crippen LogP contribution < -0.4 is 35.0 Å². The van der Waals surface area contributed by atoms with Crippen molar-refractivity contribution in [2.45, 2.75) is 75.3 Å². The summed E-state index contributed by atoms with van der Waals surface area (Å²) in [6, 6.07) is 29.9.